The van der Waals surface area contributed by atoms with Crippen LogP contribution in [0.5, 0.6) is 0 Å². The Balaban J connectivity index is 1.78. The molecule has 0 aliphatic heterocycles. The van der Waals surface area contributed by atoms with Crippen LogP contribution in [0.1, 0.15) is 18.4 Å². The van der Waals surface area contributed by atoms with Crippen molar-refractivity contribution in [3.05, 3.63) is 34.4 Å². The summed E-state index contributed by atoms with van der Waals surface area (Å²) in [5.41, 5.74) is 2.12. The summed E-state index contributed by atoms with van der Waals surface area (Å²) >= 11 is 3.52. The molecule has 2 aromatic rings. The van der Waals surface area contributed by atoms with Crippen LogP contribution in [0.15, 0.2) is 28.9 Å². The fourth-order valence-electron chi connectivity index (χ4n) is 1.70. The normalized spacial score (nSPS) is 14.2. The molecule has 1 aromatic carbocycles. The Labute approximate surface area is 120 Å². The average molecular weight is 320 g/mol. The molecule has 1 saturated carbocycles. The number of nitrogens with zero attached hydrogens (tertiary/aromatic N) is 3. The lowest BCUT2D eigenvalue weighted by Gasteiger charge is -2.08. The Morgan fingerprint density at radius 1 is 1.32 bits per heavy atom. The topological polar surface area (TPSA) is 62.7 Å². The molecule has 6 heteroatoms. The Morgan fingerprint density at radius 3 is 2.89 bits per heavy atom. The second kappa shape index (κ2) is 5.13. The molecule has 0 unspecified atom stereocenters. The SMILES string of the molecule is Cc1ccc(Nc2nncc(NC3CC3)n2)c(Br)c1. The van der Waals surface area contributed by atoms with Gasteiger partial charge in [-0.05, 0) is 53.4 Å². The summed E-state index contributed by atoms with van der Waals surface area (Å²) < 4.78 is 0.983. The van der Waals surface area contributed by atoms with E-state index in [0.29, 0.717) is 12.0 Å². The van der Waals surface area contributed by atoms with E-state index in [-0.39, 0.29) is 0 Å². The second-order valence-corrected chi connectivity index (χ2v) is 5.55. The summed E-state index contributed by atoms with van der Waals surface area (Å²) in [7, 11) is 0. The van der Waals surface area contributed by atoms with Crippen LogP contribution in [-0.2, 0) is 0 Å². The molecule has 0 amide bonds. The molecule has 0 saturated heterocycles. The maximum absolute atomic E-state index is 4.40. The van der Waals surface area contributed by atoms with E-state index >= 15 is 0 Å². The molecule has 1 fully saturated rings. The van der Waals surface area contributed by atoms with Crippen molar-refractivity contribution in [2.75, 3.05) is 10.6 Å². The van der Waals surface area contributed by atoms with Crippen LogP contribution in [0.3, 0.4) is 0 Å². The molecule has 0 atom stereocenters. The van der Waals surface area contributed by atoms with Crippen LogP contribution in [0.4, 0.5) is 17.5 Å². The molecule has 0 spiro atoms. The standard InChI is InChI=1S/C13H14BrN5/c1-8-2-5-11(10(14)6-8)17-13-18-12(7-15-19-13)16-9-3-4-9/h2,5-7,9H,3-4H2,1H3,(H2,16,17,18,19). The number of nitrogens with one attached hydrogen (secondary N) is 2. The number of aryl methyl sites for hydroxylation is 1. The fourth-order valence-corrected chi connectivity index (χ4v) is 2.30. The average Bonchev–Trinajstić information content (AvgIpc) is 3.17. The number of rotatable bonds is 4. The van der Waals surface area contributed by atoms with Gasteiger partial charge in [0, 0.05) is 10.5 Å². The fraction of sp³-hybridized carbons (Fsp3) is 0.308. The predicted molar refractivity (Wildman–Crippen MR) is 78.6 cm³/mol. The molecular weight excluding hydrogens is 306 g/mol. The molecule has 1 aliphatic rings. The molecule has 0 radical (unpaired) electrons. The number of aromatic nitrogens is 3. The number of anilines is 3. The van der Waals surface area contributed by atoms with Crippen LogP contribution in [0.2, 0.25) is 0 Å². The summed E-state index contributed by atoms with van der Waals surface area (Å²) in [5, 5.41) is 14.4. The van der Waals surface area contributed by atoms with Gasteiger partial charge in [0.05, 0.1) is 11.9 Å². The van der Waals surface area contributed by atoms with Crippen molar-refractivity contribution < 1.29 is 0 Å². The molecule has 1 aliphatic carbocycles. The highest BCUT2D eigenvalue weighted by Gasteiger charge is 2.21. The van der Waals surface area contributed by atoms with Crippen molar-refractivity contribution in [3.8, 4) is 0 Å². The Hall–Kier alpha value is -1.69. The molecule has 1 aromatic heterocycles. The van der Waals surface area contributed by atoms with Gasteiger partial charge in [-0.25, -0.2) is 0 Å². The van der Waals surface area contributed by atoms with E-state index in [0.717, 1.165) is 16.0 Å². The largest absolute Gasteiger partial charge is 0.366 e. The maximum Gasteiger partial charge on any atom is 0.249 e. The Kier molecular flexibility index (Phi) is 3.33. The molecule has 98 valence electrons. The third-order valence-corrected chi connectivity index (χ3v) is 3.52. The molecule has 2 N–H and O–H groups in total. The lowest BCUT2D eigenvalue weighted by atomic mass is 10.2. The third kappa shape index (κ3) is 3.20. The minimum Gasteiger partial charge on any atom is -0.366 e. The van der Waals surface area contributed by atoms with Gasteiger partial charge in [-0.2, -0.15) is 10.1 Å². The molecule has 3 rings (SSSR count). The van der Waals surface area contributed by atoms with E-state index < -0.39 is 0 Å². The highest BCUT2D eigenvalue weighted by atomic mass is 79.9. The number of hydrogen-bond acceptors (Lipinski definition) is 5. The highest BCUT2D eigenvalue weighted by Crippen LogP contribution is 2.26. The van der Waals surface area contributed by atoms with Gasteiger partial charge in [0.25, 0.3) is 0 Å². The van der Waals surface area contributed by atoms with Gasteiger partial charge in [0.1, 0.15) is 0 Å². The van der Waals surface area contributed by atoms with Crippen LogP contribution >= 0.6 is 15.9 Å². The Morgan fingerprint density at radius 2 is 2.16 bits per heavy atom. The number of halogens is 1. The Bertz CT molecular complexity index is 597. The first-order chi connectivity index (χ1) is 9.20. The van der Waals surface area contributed by atoms with Crippen molar-refractivity contribution in [3.63, 3.8) is 0 Å². The van der Waals surface area contributed by atoms with Gasteiger partial charge in [0.2, 0.25) is 5.95 Å². The van der Waals surface area contributed by atoms with E-state index in [1.807, 2.05) is 25.1 Å². The van der Waals surface area contributed by atoms with E-state index in [1.165, 1.54) is 18.4 Å². The van der Waals surface area contributed by atoms with E-state index in [1.54, 1.807) is 6.20 Å². The maximum atomic E-state index is 4.40. The van der Waals surface area contributed by atoms with Crippen LogP contribution in [0, 0.1) is 6.92 Å². The van der Waals surface area contributed by atoms with Crippen LogP contribution in [-0.4, -0.2) is 21.2 Å². The number of hydrogen-bond donors (Lipinski definition) is 2. The minimum atomic E-state index is 0.496. The molecule has 1 heterocycles. The van der Waals surface area contributed by atoms with Gasteiger partial charge in [-0.3, -0.25) is 0 Å². The van der Waals surface area contributed by atoms with Crippen molar-refractivity contribution in [2.24, 2.45) is 0 Å². The lowest BCUT2D eigenvalue weighted by Crippen LogP contribution is -2.07. The molecule has 0 bridgehead atoms. The zero-order valence-electron chi connectivity index (χ0n) is 10.5. The smallest absolute Gasteiger partial charge is 0.249 e. The van der Waals surface area contributed by atoms with Gasteiger partial charge in [-0.1, -0.05) is 6.07 Å². The van der Waals surface area contributed by atoms with Gasteiger partial charge in [0.15, 0.2) is 5.82 Å². The summed E-state index contributed by atoms with van der Waals surface area (Å²) in [6.45, 7) is 2.05. The monoisotopic (exact) mass is 319 g/mol. The van der Waals surface area contributed by atoms with Crippen molar-refractivity contribution in [1.82, 2.24) is 15.2 Å². The third-order valence-electron chi connectivity index (χ3n) is 2.86. The predicted octanol–water partition coefficient (Wildman–Crippen LogP) is 3.26. The first-order valence-corrected chi connectivity index (χ1v) is 6.99. The van der Waals surface area contributed by atoms with Crippen LogP contribution < -0.4 is 10.6 Å². The van der Waals surface area contributed by atoms with Crippen LogP contribution in [0.25, 0.3) is 0 Å². The van der Waals surface area contributed by atoms with Crippen molar-refractivity contribution in [1.29, 1.82) is 0 Å². The number of benzene rings is 1. The molecule has 19 heavy (non-hydrogen) atoms. The zero-order valence-corrected chi connectivity index (χ0v) is 12.1. The minimum absolute atomic E-state index is 0.496. The van der Waals surface area contributed by atoms with Crippen molar-refractivity contribution >= 4 is 33.4 Å². The summed E-state index contributed by atoms with van der Waals surface area (Å²) in [6.07, 6.45) is 4.06. The lowest BCUT2D eigenvalue weighted by molar-refractivity contribution is 0.965. The first kappa shape index (κ1) is 12.3. The van der Waals surface area contributed by atoms with E-state index in [9.17, 15) is 0 Å². The second-order valence-electron chi connectivity index (χ2n) is 4.69. The van der Waals surface area contributed by atoms with E-state index in [2.05, 4.69) is 41.7 Å². The van der Waals surface area contributed by atoms with Gasteiger partial charge in [-0.15, -0.1) is 5.10 Å². The van der Waals surface area contributed by atoms with E-state index in [4.69, 9.17) is 0 Å². The summed E-state index contributed by atoms with van der Waals surface area (Å²) in [4.78, 5) is 4.40. The quantitative estimate of drug-likeness (QED) is 0.905. The molecular formula is C13H14BrN5. The van der Waals surface area contributed by atoms with Gasteiger partial charge < -0.3 is 10.6 Å². The first-order valence-electron chi connectivity index (χ1n) is 6.20. The highest BCUT2D eigenvalue weighted by molar-refractivity contribution is 9.10. The van der Waals surface area contributed by atoms with Gasteiger partial charge >= 0.3 is 0 Å². The summed E-state index contributed by atoms with van der Waals surface area (Å²) in [6, 6.07) is 6.62. The summed E-state index contributed by atoms with van der Waals surface area (Å²) in [5.74, 6) is 1.26. The zero-order chi connectivity index (χ0) is 13.2. The molecule has 5 nitrogen and oxygen atoms in total. The van der Waals surface area contributed by atoms with Crippen molar-refractivity contribution in [2.45, 2.75) is 25.8 Å².